The minimum Gasteiger partial charge on any atom is -0.497 e. The molecule has 0 unspecified atom stereocenters. The maximum atomic E-state index is 13.2. The standard InChI is InChI=1S/C27H35N3O4/c1-19(31)28-24(18-20-6-12-23(34-5)13-7-20)26(33)30-16-14-29(15-17-30)25(32)21-8-10-22(11-9-21)27(2,3)4/h6-13,24H,14-18H2,1-5H3,(H,28,31)/t24-/m0/s1. The first-order valence-electron chi connectivity index (χ1n) is 11.7. The molecule has 0 spiro atoms. The Bertz CT molecular complexity index is 1000. The summed E-state index contributed by atoms with van der Waals surface area (Å²) in [5, 5.41) is 2.79. The van der Waals surface area contributed by atoms with Gasteiger partial charge in [0.15, 0.2) is 0 Å². The van der Waals surface area contributed by atoms with Crippen LogP contribution in [0.4, 0.5) is 0 Å². The van der Waals surface area contributed by atoms with Crippen LogP contribution in [0.5, 0.6) is 5.75 Å². The second kappa shape index (κ2) is 10.7. The second-order valence-corrected chi connectivity index (χ2v) is 9.75. The summed E-state index contributed by atoms with van der Waals surface area (Å²) in [5.74, 6) is 0.330. The lowest BCUT2D eigenvalue weighted by atomic mass is 9.86. The van der Waals surface area contributed by atoms with Gasteiger partial charge in [-0.25, -0.2) is 0 Å². The van der Waals surface area contributed by atoms with Crippen LogP contribution in [-0.4, -0.2) is 66.9 Å². The molecule has 0 bridgehead atoms. The van der Waals surface area contributed by atoms with Crippen LogP contribution in [0.2, 0.25) is 0 Å². The predicted molar refractivity (Wildman–Crippen MR) is 132 cm³/mol. The van der Waals surface area contributed by atoms with Crippen LogP contribution < -0.4 is 10.1 Å². The molecule has 1 fully saturated rings. The Morgan fingerprint density at radius 1 is 0.912 bits per heavy atom. The zero-order valence-corrected chi connectivity index (χ0v) is 20.8. The highest BCUT2D eigenvalue weighted by Crippen LogP contribution is 2.23. The Labute approximate surface area is 202 Å². The number of carbonyl (C=O) groups excluding carboxylic acids is 3. The molecule has 1 aliphatic heterocycles. The molecule has 0 radical (unpaired) electrons. The van der Waals surface area contributed by atoms with Crippen molar-refractivity contribution in [3.63, 3.8) is 0 Å². The van der Waals surface area contributed by atoms with E-state index < -0.39 is 6.04 Å². The minimum absolute atomic E-state index is 0.0239. The maximum Gasteiger partial charge on any atom is 0.253 e. The van der Waals surface area contributed by atoms with Crippen LogP contribution in [0.3, 0.4) is 0 Å². The summed E-state index contributed by atoms with van der Waals surface area (Å²) in [6, 6.07) is 14.6. The number of rotatable bonds is 6. The van der Waals surface area contributed by atoms with Gasteiger partial charge in [-0.3, -0.25) is 14.4 Å². The zero-order valence-electron chi connectivity index (χ0n) is 20.8. The van der Waals surface area contributed by atoms with Gasteiger partial charge in [0.1, 0.15) is 11.8 Å². The summed E-state index contributed by atoms with van der Waals surface area (Å²) in [6.45, 7) is 9.62. The van der Waals surface area contributed by atoms with E-state index in [1.807, 2.05) is 48.5 Å². The largest absolute Gasteiger partial charge is 0.497 e. The molecule has 1 heterocycles. The summed E-state index contributed by atoms with van der Waals surface area (Å²) < 4.78 is 5.19. The first kappa shape index (κ1) is 25.3. The average molecular weight is 466 g/mol. The van der Waals surface area contributed by atoms with E-state index in [4.69, 9.17) is 4.74 Å². The van der Waals surface area contributed by atoms with Crippen molar-refractivity contribution in [1.29, 1.82) is 0 Å². The molecule has 3 amide bonds. The van der Waals surface area contributed by atoms with Crippen LogP contribution in [0.1, 0.15) is 49.2 Å². The van der Waals surface area contributed by atoms with Gasteiger partial charge in [0.25, 0.3) is 5.91 Å². The predicted octanol–water partition coefficient (Wildman–Crippen LogP) is 3.02. The summed E-state index contributed by atoms with van der Waals surface area (Å²) in [6.07, 6.45) is 0.391. The van der Waals surface area contributed by atoms with E-state index in [9.17, 15) is 14.4 Å². The van der Waals surface area contributed by atoms with Crippen molar-refractivity contribution >= 4 is 17.7 Å². The number of nitrogens with one attached hydrogen (secondary N) is 1. The molecule has 7 nitrogen and oxygen atoms in total. The Hall–Kier alpha value is -3.35. The fourth-order valence-corrected chi connectivity index (χ4v) is 4.09. The van der Waals surface area contributed by atoms with Crippen LogP contribution >= 0.6 is 0 Å². The number of ether oxygens (including phenoxy) is 1. The smallest absolute Gasteiger partial charge is 0.253 e. The molecule has 1 aliphatic rings. The van der Waals surface area contributed by atoms with Gasteiger partial charge in [-0.15, -0.1) is 0 Å². The highest BCUT2D eigenvalue weighted by molar-refractivity contribution is 5.94. The van der Waals surface area contributed by atoms with Gasteiger partial charge in [0.05, 0.1) is 7.11 Å². The fraction of sp³-hybridized carbons (Fsp3) is 0.444. The Balaban J connectivity index is 1.61. The van der Waals surface area contributed by atoms with E-state index in [1.54, 1.807) is 16.9 Å². The van der Waals surface area contributed by atoms with Crippen molar-refractivity contribution in [1.82, 2.24) is 15.1 Å². The Kier molecular flexibility index (Phi) is 7.97. The molecule has 0 saturated carbocycles. The molecular weight excluding hydrogens is 430 g/mol. The zero-order chi connectivity index (χ0) is 24.9. The number of amides is 3. The van der Waals surface area contributed by atoms with E-state index in [0.29, 0.717) is 38.2 Å². The Morgan fingerprint density at radius 3 is 1.97 bits per heavy atom. The van der Waals surface area contributed by atoms with Gasteiger partial charge in [-0.1, -0.05) is 45.0 Å². The molecule has 1 N–H and O–H groups in total. The number of carbonyl (C=O) groups is 3. The summed E-state index contributed by atoms with van der Waals surface area (Å²) in [4.78, 5) is 41.5. The summed E-state index contributed by atoms with van der Waals surface area (Å²) >= 11 is 0. The number of benzene rings is 2. The molecule has 7 heteroatoms. The fourth-order valence-electron chi connectivity index (χ4n) is 4.09. The molecule has 0 aliphatic carbocycles. The van der Waals surface area contributed by atoms with E-state index in [-0.39, 0.29) is 23.1 Å². The van der Waals surface area contributed by atoms with Gasteiger partial charge in [0, 0.05) is 45.1 Å². The SMILES string of the molecule is COc1ccc(C[C@H](NC(C)=O)C(=O)N2CCN(C(=O)c3ccc(C(C)(C)C)cc3)CC2)cc1. The lowest BCUT2D eigenvalue weighted by molar-refractivity contribution is -0.137. The minimum atomic E-state index is -0.655. The monoisotopic (exact) mass is 465 g/mol. The Morgan fingerprint density at radius 2 is 1.47 bits per heavy atom. The maximum absolute atomic E-state index is 13.2. The van der Waals surface area contributed by atoms with Gasteiger partial charge < -0.3 is 19.9 Å². The average Bonchev–Trinajstić information content (AvgIpc) is 2.82. The third-order valence-electron chi connectivity index (χ3n) is 6.15. The quantitative estimate of drug-likeness (QED) is 0.711. The first-order valence-corrected chi connectivity index (χ1v) is 11.7. The third kappa shape index (κ3) is 6.37. The van der Waals surface area contributed by atoms with Crippen LogP contribution in [-0.2, 0) is 21.4 Å². The second-order valence-electron chi connectivity index (χ2n) is 9.75. The molecule has 2 aromatic carbocycles. The lowest BCUT2D eigenvalue weighted by Gasteiger charge is -2.36. The van der Waals surface area contributed by atoms with E-state index in [0.717, 1.165) is 11.3 Å². The lowest BCUT2D eigenvalue weighted by Crippen LogP contribution is -2.56. The van der Waals surface area contributed by atoms with Crippen LogP contribution in [0.25, 0.3) is 0 Å². The number of hydrogen-bond donors (Lipinski definition) is 1. The summed E-state index contributed by atoms with van der Waals surface area (Å²) in [5.41, 5.74) is 2.80. The van der Waals surface area contributed by atoms with Gasteiger partial charge in [-0.05, 0) is 40.8 Å². The van der Waals surface area contributed by atoms with Gasteiger partial charge in [-0.2, -0.15) is 0 Å². The van der Waals surface area contributed by atoms with E-state index in [2.05, 4.69) is 26.1 Å². The van der Waals surface area contributed by atoms with E-state index >= 15 is 0 Å². The molecule has 1 atom stereocenters. The molecule has 34 heavy (non-hydrogen) atoms. The highest BCUT2D eigenvalue weighted by atomic mass is 16.5. The number of methoxy groups -OCH3 is 1. The van der Waals surface area contributed by atoms with Crippen LogP contribution in [0.15, 0.2) is 48.5 Å². The van der Waals surface area contributed by atoms with Crippen molar-refractivity contribution in [3.05, 3.63) is 65.2 Å². The molecule has 2 aromatic rings. The highest BCUT2D eigenvalue weighted by Gasteiger charge is 2.30. The molecule has 3 rings (SSSR count). The van der Waals surface area contributed by atoms with Gasteiger partial charge >= 0.3 is 0 Å². The van der Waals surface area contributed by atoms with E-state index in [1.165, 1.54) is 12.5 Å². The van der Waals surface area contributed by atoms with Crippen molar-refractivity contribution < 1.29 is 19.1 Å². The van der Waals surface area contributed by atoms with Gasteiger partial charge in [0.2, 0.25) is 11.8 Å². The number of piperazine rings is 1. The number of hydrogen-bond acceptors (Lipinski definition) is 4. The normalized spacial score (nSPS) is 15.0. The molecular formula is C27H35N3O4. The van der Waals surface area contributed by atoms with Crippen molar-refractivity contribution in [2.45, 2.75) is 45.6 Å². The number of nitrogens with zero attached hydrogens (tertiary/aromatic N) is 2. The summed E-state index contributed by atoms with van der Waals surface area (Å²) in [7, 11) is 1.60. The third-order valence-corrected chi connectivity index (χ3v) is 6.15. The van der Waals surface area contributed by atoms with Crippen molar-refractivity contribution in [3.8, 4) is 5.75 Å². The van der Waals surface area contributed by atoms with Crippen molar-refractivity contribution in [2.24, 2.45) is 0 Å². The van der Waals surface area contributed by atoms with Crippen LogP contribution in [0, 0.1) is 0 Å². The molecule has 182 valence electrons. The van der Waals surface area contributed by atoms with Crippen molar-refractivity contribution in [2.75, 3.05) is 33.3 Å². The molecule has 0 aromatic heterocycles. The first-order chi connectivity index (χ1) is 16.1. The molecule has 1 saturated heterocycles. The topological polar surface area (TPSA) is 79.0 Å².